The topological polar surface area (TPSA) is 41.6 Å². The third-order valence-corrected chi connectivity index (χ3v) is 4.08. The fourth-order valence-corrected chi connectivity index (χ4v) is 2.85. The number of hydrogen-bond donors (Lipinski definition) is 0. The van der Waals surface area contributed by atoms with E-state index in [-0.39, 0.29) is 0 Å². The Kier molecular flexibility index (Phi) is 4.75. The molecule has 0 saturated carbocycles. The second-order valence-corrected chi connectivity index (χ2v) is 5.74. The summed E-state index contributed by atoms with van der Waals surface area (Å²) in [7, 11) is 0. The highest BCUT2D eigenvalue weighted by molar-refractivity contribution is 6.32. The minimum Gasteiger partial charge on any atom is -0.307 e. The molecule has 1 aromatic carbocycles. The van der Waals surface area contributed by atoms with Gasteiger partial charge < -0.3 is 4.57 Å². The van der Waals surface area contributed by atoms with Gasteiger partial charge in [0.1, 0.15) is 0 Å². The quantitative estimate of drug-likeness (QED) is 0.774. The Labute approximate surface area is 140 Å². The van der Waals surface area contributed by atoms with Crippen LogP contribution < -0.4 is 0 Å². The van der Waals surface area contributed by atoms with Gasteiger partial charge in [-0.05, 0) is 43.0 Å². The largest absolute Gasteiger partial charge is 0.307 e. The third-order valence-electron chi connectivity index (χ3n) is 3.77. The Balaban J connectivity index is 1.96. The Hall–Kier alpha value is -2.57. The van der Waals surface area contributed by atoms with Crippen molar-refractivity contribution in [3.63, 3.8) is 0 Å². The summed E-state index contributed by atoms with van der Waals surface area (Å²) in [6, 6.07) is 7.54. The summed E-state index contributed by atoms with van der Waals surface area (Å²) in [4.78, 5) is 4.11. The van der Waals surface area contributed by atoms with E-state index in [1.54, 1.807) is 24.7 Å². The minimum atomic E-state index is 0.574. The normalized spacial score (nSPS) is 20.9. The SMILES string of the molecule is N#Cc1ccc(C2=C\CCC\C=C(n3ccnc3)/C=C\2)c(Cl)c1. The molecule has 0 atom stereocenters. The third kappa shape index (κ3) is 3.61. The van der Waals surface area contributed by atoms with Gasteiger partial charge in [-0.15, -0.1) is 0 Å². The highest BCUT2D eigenvalue weighted by atomic mass is 35.5. The van der Waals surface area contributed by atoms with Gasteiger partial charge in [0.15, 0.2) is 0 Å². The molecule has 3 rings (SSSR count). The number of benzene rings is 1. The second-order valence-electron chi connectivity index (χ2n) is 5.33. The van der Waals surface area contributed by atoms with Crippen LogP contribution in [-0.4, -0.2) is 9.55 Å². The number of halogens is 1. The molecule has 0 bridgehead atoms. The average molecular weight is 322 g/mol. The summed E-state index contributed by atoms with van der Waals surface area (Å²) in [6.07, 6.45) is 17.2. The molecule has 0 aliphatic heterocycles. The maximum absolute atomic E-state index is 8.97. The molecule has 0 N–H and O–H groups in total. The lowest BCUT2D eigenvalue weighted by molar-refractivity contribution is 0.867. The van der Waals surface area contributed by atoms with Gasteiger partial charge in [-0.1, -0.05) is 35.9 Å². The van der Waals surface area contributed by atoms with Crippen LogP contribution in [-0.2, 0) is 0 Å². The molecular formula is C19H16ClN3. The van der Waals surface area contributed by atoms with Crippen molar-refractivity contribution in [3.8, 4) is 6.07 Å². The Morgan fingerprint density at radius 1 is 1.17 bits per heavy atom. The monoisotopic (exact) mass is 321 g/mol. The Morgan fingerprint density at radius 2 is 2.04 bits per heavy atom. The number of hydrogen-bond acceptors (Lipinski definition) is 2. The lowest BCUT2D eigenvalue weighted by Crippen LogP contribution is -1.91. The summed E-state index contributed by atoms with van der Waals surface area (Å²) < 4.78 is 2.00. The van der Waals surface area contributed by atoms with Gasteiger partial charge in [0.05, 0.1) is 18.0 Å². The number of imidazole rings is 1. The lowest BCUT2D eigenvalue weighted by atomic mass is 10.0. The van der Waals surface area contributed by atoms with Gasteiger partial charge in [-0.3, -0.25) is 0 Å². The lowest BCUT2D eigenvalue weighted by Gasteiger charge is -2.07. The Morgan fingerprint density at radius 3 is 2.78 bits per heavy atom. The predicted molar refractivity (Wildman–Crippen MR) is 93.6 cm³/mol. The van der Waals surface area contributed by atoms with Gasteiger partial charge in [-0.25, -0.2) is 4.98 Å². The van der Waals surface area contributed by atoms with Crippen molar-refractivity contribution >= 4 is 22.9 Å². The first-order valence-electron chi connectivity index (χ1n) is 7.54. The summed E-state index contributed by atoms with van der Waals surface area (Å²) >= 11 is 6.36. The molecule has 1 aromatic heterocycles. The first kappa shape index (κ1) is 15.3. The van der Waals surface area contributed by atoms with Gasteiger partial charge in [0.25, 0.3) is 0 Å². The van der Waals surface area contributed by atoms with Crippen LogP contribution >= 0.6 is 11.6 Å². The van der Waals surface area contributed by atoms with Gasteiger partial charge >= 0.3 is 0 Å². The molecule has 0 unspecified atom stereocenters. The second kappa shape index (κ2) is 7.13. The average Bonchev–Trinajstić information content (AvgIpc) is 3.11. The van der Waals surface area contributed by atoms with Crippen LogP contribution in [0.15, 0.2) is 61.2 Å². The zero-order valence-corrected chi connectivity index (χ0v) is 13.4. The molecule has 3 nitrogen and oxygen atoms in total. The molecule has 23 heavy (non-hydrogen) atoms. The Bertz CT molecular complexity index is 821. The summed E-state index contributed by atoms with van der Waals surface area (Å²) in [6.45, 7) is 0. The van der Waals surface area contributed by atoms with Gasteiger partial charge in [0.2, 0.25) is 0 Å². The number of aromatic nitrogens is 2. The van der Waals surface area contributed by atoms with Crippen molar-refractivity contribution in [1.29, 1.82) is 5.26 Å². The van der Waals surface area contributed by atoms with E-state index in [1.807, 2.05) is 16.8 Å². The van der Waals surface area contributed by atoms with Crippen LogP contribution in [0.25, 0.3) is 11.3 Å². The molecule has 1 aliphatic carbocycles. The number of nitrogens with zero attached hydrogens (tertiary/aromatic N) is 3. The first-order chi connectivity index (χ1) is 11.3. The zero-order chi connectivity index (χ0) is 16.1. The van der Waals surface area contributed by atoms with Gasteiger partial charge in [0, 0.05) is 28.7 Å². The molecule has 114 valence electrons. The van der Waals surface area contributed by atoms with Crippen LogP contribution in [0.3, 0.4) is 0 Å². The highest BCUT2D eigenvalue weighted by Crippen LogP contribution is 2.28. The van der Waals surface area contributed by atoms with Crippen molar-refractivity contribution in [2.24, 2.45) is 0 Å². The number of allylic oxidation sites excluding steroid dienone is 6. The van der Waals surface area contributed by atoms with E-state index in [4.69, 9.17) is 16.9 Å². The van der Waals surface area contributed by atoms with E-state index in [0.717, 1.165) is 36.1 Å². The first-order valence-corrected chi connectivity index (χ1v) is 7.92. The fraction of sp³-hybridized carbons (Fsp3) is 0.158. The van der Waals surface area contributed by atoms with Crippen molar-refractivity contribution in [3.05, 3.63) is 77.4 Å². The standard InChI is InChI=1S/C19H16ClN3/c20-19-12-15(13-21)6-9-18(19)16-4-2-1-3-5-17(8-7-16)23-11-10-22-14-23/h4-12,14H,1-3H2/b8-7-,16-4-,17-5+. The number of nitriles is 1. The molecule has 2 aromatic rings. The zero-order valence-electron chi connectivity index (χ0n) is 12.6. The number of rotatable bonds is 2. The van der Waals surface area contributed by atoms with E-state index in [0.29, 0.717) is 10.6 Å². The maximum Gasteiger partial charge on any atom is 0.0992 e. The molecule has 4 heteroatoms. The van der Waals surface area contributed by atoms with Crippen molar-refractivity contribution in [1.82, 2.24) is 9.55 Å². The van der Waals surface area contributed by atoms with E-state index < -0.39 is 0 Å². The van der Waals surface area contributed by atoms with Crippen molar-refractivity contribution < 1.29 is 0 Å². The van der Waals surface area contributed by atoms with E-state index in [2.05, 4.69) is 35.4 Å². The van der Waals surface area contributed by atoms with Crippen LogP contribution in [0, 0.1) is 11.3 Å². The van der Waals surface area contributed by atoms with Crippen LogP contribution in [0.4, 0.5) is 0 Å². The molecule has 0 spiro atoms. The van der Waals surface area contributed by atoms with Crippen LogP contribution in [0.1, 0.15) is 30.4 Å². The minimum absolute atomic E-state index is 0.574. The molecule has 0 radical (unpaired) electrons. The molecule has 0 saturated heterocycles. The van der Waals surface area contributed by atoms with Crippen LogP contribution in [0.5, 0.6) is 0 Å². The van der Waals surface area contributed by atoms with Crippen molar-refractivity contribution in [2.75, 3.05) is 0 Å². The highest BCUT2D eigenvalue weighted by Gasteiger charge is 2.07. The molecular weight excluding hydrogens is 306 g/mol. The molecule has 1 aliphatic rings. The van der Waals surface area contributed by atoms with E-state index >= 15 is 0 Å². The maximum atomic E-state index is 8.97. The smallest absolute Gasteiger partial charge is 0.0992 e. The molecule has 0 amide bonds. The van der Waals surface area contributed by atoms with Crippen molar-refractivity contribution in [2.45, 2.75) is 19.3 Å². The fourth-order valence-electron chi connectivity index (χ4n) is 2.56. The summed E-state index contributed by atoms with van der Waals surface area (Å²) in [5, 5.41) is 9.57. The van der Waals surface area contributed by atoms with E-state index in [1.165, 1.54) is 0 Å². The van der Waals surface area contributed by atoms with E-state index in [9.17, 15) is 0 Å². The molecule has 0 fully saturated rings. The van der Waals surface area contributed by atoms with Gasteiger partial charge in [-0.2, -0.15) is 5.26 Å². The molecule has 1 heterocycles. The summed E-state index contributed by atoms with van der Waals surface area (Å²) in [5.41, 5.74) is 3.70. The predicted octanol–water partition coefficient (Wildman–Crippen LogP) is 5.07. The summed E-state index contributed by atoms with van der Waals surface area (Å²) in [5.74, 6) is 0. The van der Waals surface area contributed by atoms with Crippen LogP contribution in [0.2, 0.25) is 5.02 Å².